The fourth-order valence-corrected chi connectivity index (χ4v) is 4.33. The van der Waals surface area contributed by atoms with Crippen molar-refractivity contribution < 1.29 is 31.3 Å². The Morgan fingerprint density at radius 1 is 1.15 bits per heavy atom. The van der Waals surface area contributed by atoms with Gasteiger partial charge in [0.15, 0.2) is 0 Å². The summed E-state index contributed by atoms with van der Waals surface area (Å²) in [4.78, 5) is -0.121. The van der Waals surface area contributed by atoms with Gasteiger partial charge in [0.25, 0.3) is 10.1 Å². The smallest absolute Gasteiger partial charge is 0.362 e. The molecule has 2 atom stereocenters. The minimum absolute atomic E-state index is 0.121. The van der Waals surface area contributed by atoms with Crippen LogP contribution >= 0.6 is 7.60 Å². The summed E-state index contributed by atoms with van der Waals surface area (Å²) in [7, 11) is -5.95. The van der Waals surface area contributed by atoms with Gasteiger partial charge in [0, 0.05) is 14.2 Å². The summed E-state index contributed by atoms with van der Waals surface area (Å²) in [5.41, 5.74) is 0. The Labute approximate surface area is 118 Å². The Morgan fingerprint density at radius 3 is 2.05 bits per heavy atom. The first-order chi connectivity index (χ1) is 9.27. The highest BCUT2D eigenvalue weighted by Gasteiger charge is 2.42. The number of aliphatic hydroxyl groups excluding tert-OH is 1. The lowest BCUT2D eigenvalue weighted by atomic mass is 10.4. The molecule has 0 bridgehead atoms. The van der Waals surface area contributed by atoms with Crippen LogP contribution in [-0.2, 0) is 27.9 Å². The number of aliphatic hydroxyl groups is 1. The summed E-state index contributed by atoms with van der Waals surface area (Å²) in [6.07, 6.45) is -1.38. The molecule has 1 aromatic rings. The van der Waals surface area contributed by atoms with Crippen LogP contribution in [0, 0.1) is 0 Å². The fraction of sp³-hybridized carbons (Fsp3) is 0.455. The maximum absolute atomic E-state index is 12.2. The topological polar surface area (TPSA) is 99.1 Å². The van der Waals surface area contributed by atoms with Crippen LogP contribution in [0.3, 0.4) is 0 Å². The third kappa shape index (κ3) is 3.88. The Kier molecular flexibility index (Phi) is 5.88. The Hall–Kier alpha value is -0.760. The molecule has 0 aliphatic rings. The molecule has 1 N–H and O–H groups in total. The largest absolute Gasteiger partial charge is 0.390 e. The van der Waals surface area contributed by atoms with Crippen molar-refractivity contribution in [3.05, 3.63) is 30.3 Å². The van der Waals surface area contributed by atoms with E-state index in [1.165, 1.54) is 31.2 Å². The van der Waals surface area contributed by atoms with Crippen molar-refractivity contribution in [3.8, 4) is 0 Å². The molecule has 1 aromatic carbocycles. The first-order valence-corrected chi connectivity index (χ1v) is 8.66. The van der Waals surface area contributed by atoms with E-state index in [-0.39, 0.29) is 4.90 Å². The zero-order valence-electron chi connectivity index (χ0n) is 11.3. The molecule has 0 fully saturated rings. The number of hydrogen-bond donors (Lipinski definition) is 1. The summed E-state index contributed by atoms with van der Waals surface area (Å²) in [6, 6.07) is 7.30. The van der Waals surface area contributed by atoms with E-state index in [0.717, 1.165) is 14.2 Å². The quantitative estimate of drug-likeness (QED) is 0.600. The van der Waals surface area contributed by atoms with Gasteiger partial charge in [-0.25, -0.2) is 4.18 Å². The lowest BCUT2D eigenvalue weighted by Gasteiger charge is -2.25. The maximum Gasteiger partial charge on any atom is 0.362 e. The fourth-order valence-electron chi connectivity index (χ4n) is 1.45. The van der Waals surface area contributed by atoms with Crippen LogP contribution in [0.5, 0.6) is 0 Å². The van der Waals surface area contributed by atoms with E-state index in [0.29, 0.717) is 0 Å². The summed E-state index contributed by atoms with van der Waals surface area (Å²) in [5.74, 6) is -1.65. The van der Waals surface area contributed by atoms with Crippen molar-refractivity contribution in [2.75, 3.05) is 14.2 Å². The van der Waals surface area contributed by atoms with E-state index in [1.54, 1.807) is 6.07 Å². The van der Waals surface area contributed by atoms with Gasteiger partial charge in [0.05, 0.1) is 11.0 Å². The molecule has 0 amide bonds. The van der Waals surface area contributed by atoms with Crippen molar-refractivity contribution in [2.24, 2.45) is 0 Å². The highest BCUT2D eigenvalue weighted by atomic mass is 32.2. The van der Waals surface area contributed by atoms with Gasteiger partial charge in [-0.3, -0.25) is 4.57 Å². The van der Waals surface area contributed by atoms with Gasteiger partial charge in [0.1, 0.15) is 0 Å². The third-order valence-electron chi connectivity index (χ3n) is 2.49. The van der Waals surface area contributed by atoms with E-state index < -0.39 is 29.7 Å². The highest BCUT2D eigenvalue weighted by molar-refractivity contribution is 7.87. The maximum atomic E-state index is 12.2. The normalized spacial score (nSPS) is 15.8. The molecule has 9 heteroatoms. The molecular formula is C11H17O7PS. The second-order valence-corrected chi connectivity index (χ2v) is 7.79. The van der Waals surface area contributed by atoms with Crippen molar-refractivity contribution in [1.29, 1.82) is 0 Å². The summed E-state index contributed by atoms with van der Waals surface area (Å²) in [6.45, 7) is 1.23. The second-order valence-electron chi connectivity index (χ2n) is 3.90. The lowest BCUT2D eigenvalue weighted by molar-refractivity contribution is 0.0753. The molecule has 0 saturated carbocycles. The van der Waals surface area contributed by atoms with E-state index in [1.807, 2.05) is 0 Å². The first-order valence-electron chi connectivity index (χ1n) is 5.64. The molecule has 0 aliphatic carbocycles. The van der Waals surface area contributed by atoms with Gasteiger partial charge < -0.3 is 14.2 Å². The van der Waals surface area contributed by atoms with Gasteiger partial charge in [0.2, 0.25) is 5.85 Å². The molecule has 0 radical (unpaired) electrons. The Balaban J connectivity index is 3.12. The van der Waals surface area contributed by atoms with E-state index in [9.17, 15) is 18.1 Å². The van der Waals surface area contributed by atoms with Gasteiger partial charge in [-0.05, 0) is 19.1 Å². The molecule has 0 saturated heterocycles. The van der Waals surface area contributed by atoms with E-state index in [2.05, 4.69) is 9.05 Å². The second kappa shape index (κ2) is 6.80. The van der Waals surface area contributed by atoms with Crippen LogP contribution in [-0.4, -0.2) is 39.7 Å². The van der Waals surface area contributed by atoms with Crippen molar-refractivity contribution >= 4 is 17.7 Å². The summed E-state index contributed by atoms with van der Waals surface area (Å²) >= 11 is 0. The minimum Gasteiger partial charge on any atom is -0.390 e. The summed E-state index contributed by atoms with van der Waals surface area (Å²) in [5, 5.41) is 9.60. The van der Waals surface area contributed by atoms with Crippen LogP contribution < -0.4 is 0 Å². The third-order valence-corrected chi connectivity index (χ3v) is 6.12. The van der Waals surface area contributed by atoms with Crippen molar-refractivity contribution in [2.45, 2.75) is 23.8 Å². The minimum atomic E-state index is -4.20. The van der Waals surface area contributed by atoms with Crippen molar-refractivity contribution in [3.63, 3.8) is 0 Å². The SMILES string of the molecule is COP(=O)(OC)[C@H](OS(=O)(=O)c1ccccc1)[C@H](C)O. The molecule has 0 heterocycles. The molecular weight excluding hydrogens is 307 g/mol. The number of benzene rings is 1. The molecule has 7 nitrogen and oxygen atoms in total. The number of rotatable bonds is 7. The predicted molar refractivity (Wildman–Crippen MR) is 71.8 cm³/mol. The summed E-state index contributed by atoms with van der Waals surface area (Å²) < 4.78 is 50.5. The Bertz CT molecular complexity index is 562. The van der Waals surface area contributed by atoms with Gasteiger partial charge in [-0.2, -0.15) is 8.42 Å². The lowest BCUT2D eigenvalue weighted by Crippen LogP contribution is -2.30. The molecule has 1 rings (SSSR count). The Morgan fingerprint density at radius 2 is 1.65 bits per heavy atom. The van der Waals surface area contributed by atoms with Crippen LogP contribution in [0.25, 0.3) is 0 Å². The van der Waals surface area contributed by atoms with E-state index in [4.69, 9.17) is 4.18 Å². The standard InChI is InChI=1S/C11H17O7PS/c1-9(12)11(19(13,16-2)17-3)18-20(14,15)10-7-5-4-6-8-10/h4-9,11-12H,1-3H3/t9-,11-/m0/s1. The van der Waals surface area contributed by atoms with Gasteiger partial charge in [-0.1, -0.05) is 18.2 Å². The number of hydrogen-bond acceptors (Lipinski definition) is 7. The molecule has 20 heavy (non-hydrogen) atoms. The molecule has 0 unspecified atom stereocenters. The van der Waals surface area contributed by atoms with Gasteiger partial charge >= 0.3 is 7.60 Å². The predicted octanol–water partition coefficient (Wildman–Crippen LogP) is 1.58. The average Bonchev–Trinajstić information content (AvgIpc) is 2.44. The monoisotopic (exact) mass is 324 g/mol. The van der Waals surface area contributed by atoms with Crippen LogP contribution in [0.1, 0.15) is 6.92 Å². The van der Waals surface area contributed by atoms with Crippen molar-refractivity contribution in [1.82, 2.24) is 0 Å². The van der Waals surface area contributed by atoms with E-state index >= 15 is 0 Å². The first kappa shape index (κ1) is 17.3. The zero-order chi connectivity index (χ0) is 15.4. The molecule has 0 aromatic heterocycles. The molecule has 0 aliphatic heterocycles. The van der Waals surface area contributed by atoms with Crippen LogP contribution in [0.4, 0.5) is 0 Å². The van der Waals surface area contributed by atoms with Crippen LogP contribution in [0.2, 0.25) is 0 Å². The van der Waals surface area contributed by atoms with Gasteiger partial charge in [-0.15, -0.1) is 0 Å². The average molecular weight is 324 g/mol. The van der Waals surface area contributed by atoms with Crippen LogP contribution in [0.15, 0.2) is 35.2 Å². The molecule has 114 valence electrons. The highest BCUT2D eigenvalue weighted by Crippen LogP contribution is 2.54. The molecule has 0 spiro atoms. The zero-order valence-corrected chi connectivity index (χ0v) is 13.0.